The molecule has 0 atom stereocenters. The maximum Gasteiger partial charge on any atom is 1.00 e. The van der Waals surface area contributed by atoms with Crippen LogP contribution >= 0.6 is 0 Å². The smallest absolute Gasteiger partial charge is 0.480 e. The van der Waals surface area contributed by atoms with Crippen LogP contribution in [-0.4, -0.2) is 115 Å². The van der Waals surface area contributed by atoms with Gasteiger partial charge in [-0.3, -0.25) is 29.0 Å². The van der Waals surface area contributed by atoms with Crippen LogP contribution in [0.2, 0.25) is 0 Å². The molecule has 14 nitrogen and oxygen atoms in total. The summed E-state index contributed by atoms with van der Waals surface area (Å²) in [7, 11) is 0. The molecule has 0 aromatic carbocycles. The molecule has 12 N–H and O–H groups in total. The van der Waals surface area contributed by atoms with Gasteiger partial charge in [-0.05, 0) is 0 Å². The fraction of sp³-hybridized carbons (Fsp3) is 0.600. The molecule has 0 aromatic heterocycles. The van der Waals surface area contributed by atoms with Crippen LogP contribution in [0.3, 0.4) is 0 Å². The Morgan fingerprint density at radius 3 is 0.714 bits per heavy atom. The van der Waals surface area contributed by atoms with E-state index < -0.39 is 50.1 Å². The first kappa shape index (κ1) is 57.1. The maximum absolute atomic E-state index is 10.6. The van der Waals surface area contributed by atoms with Gasteiger partial charge in [0.2, 0.25) is 0 Å². The van der Waals surface area contributed by atoms with Gasteiger partial charge in [-0.1, -0.05) is 0 Å². The van der Waals surface area contributed by atoms with Crippen molar-refractivity contribution in [2.45, 2.75) is 0 Å². The van der Waals surface area contributed by atoms with Crippen molar-refractivity contribution in [1.82, 2.24) is 9.80 Å². The molecular formula is C10H24N2Na4O12+4. The Kier molecular flexibility index (Phi) is 67.8. The van der Waals surface area contributed by atoms with Gasteiger partial charge < -0.3 is 42.3 Å². The SMILES string of the molecule is O.O.O.O.O=C(O)CN(CCN(CC(=O)O)CC(=O)O)CC(=O)O.[Na+].[Na+].[Na+].[Na+]. The molecule has 0 amide bonds. The molecule has 0 aromatic rings. The zero-order chi connectivity index (χ0) is 15.7. The normalized spacial score (nSPS) is 7.64. The second-order valence-electron chi connectivity index (χ2n) is 4.00. The summed E-state index contributed by atoms with van der Waals surface area (Å²) in [6, 6.07) is 0. The molecule has 0 bridgehead atoms. The number of rotatable bonds is 11. The molecule has 18 heteroatoms. The fourth-order valence-electron chi connectivity index (χ4n) is 1.48. The Balaban J connectivity index is -0.0000000645. The number of carboxylic acid groups (broad SMARTS) is 4. The topological polar surface area (TPSA) is 282 Å². The molecular weight excluding hydrogens is 432 g/mol. The third kappa shape index (κ3) is 38.3. The van der Waals surface area contributed by atoms with E-state index in [1.807, 2.05) is 0 Å². The second kappa shape index (κ2) is 33.3. The largest absolute Gasteiger partial charge is 1.00 e. The van der Waals surface area contributed by atoms with E-state index >= 15 is 0 Å². The Labute approximate surface area is 249 Å². The van der Waals surface area contributed by atoms with E-state index in [0.29, 0.717) is 0 Å². The number of hydrogen-bond donors (Lipinski definition) is 4. The van der Waals surface area contributed by atoms with E-state index in [2.05, 4.69) is 0 Å². The zero-order valence-corrected chi connectivity index (χ0v) is 24.6. The zero-order valence-electron chi connectivity index (χ0n) is 16.6. The van der Waals surface area contributed by atoms with Crippen molar-refractivity contribution in [2.75, 3.05) is 39.3 Å². The van der Waals surface area contributed by atoms with Gasteiger partial charge in [0.05, 0.1) is 26.2 Å². The average molecular weight is 456 g/mol. The number of carboxylic acids is 4. The summed E-state index contributed by atoms with van der Waals surface area (Å²) in [6.07, 6.45) is 0. The summed E-state index contributed by atoms with van der Waals surface area (Å²) in [6.45, 7) is -2.25. The quantitative estimate of drug-likeness (QED) is 0.213. The molecule has 0 saturated heterocycles. The van der Waals surface area contributed by atoms with Gasteiger partial charge in [0, 0.05) is 13.1 Å². The molecule has 28 heavy (non-hydrogen) atoms. The van der Waals surface area contributed by atoms with Crippen LogP contribution in [0.4, 0.5) is 0 Å². The number of carbonyl (C=O) groups is 4. The van der Waals surface area contributed by atoms with Crippen LogP contribution in [0.15, 0.2) is 0 Å². The van der Waals surface area contributed by atoms with Crippen molar-refractivity contribution >= 4 is 23.9 Å². The standard InChI is InChI=1S/C10H16N2O8.4Na.4H2O/c13-7(14)3-11(4-8(15)16)1-2-12(5-9(17)18)6-10(19)20;;;;;;;;/h1-6H2,(H,13,14)(H,15,16)(H,17,18)(H,19,20);;;;;4*1H2/q;4*+1;;;;. The molecule has 146 valence electrons. The molecule has 0 radical (unpaired) electrons. The first-order chi connectivity index (χ1) is 9.20. The van der Waals surface area contributed by atoms with E-state index in [1.54, 1.807) is 0 Å². The van der Waals surface area contributed by atoms with Gasteiger partial charge >= 0.3 is 142 Å². The molecule has 0 unspecified atom stereocenters. The molecule has 0 spiro atoms. The van der Waals surface area contributed by atoms with Gasteiger partial charge in [0.1, 0.15) is 0 Å². The Hall–Kier alpha value is 1.64. The summed E-state index contributed by atoms with van der Waals surface area (Å²) in [4.78, 5) is 44.4. The number of aliphatic carboxylic acids is 4. The predicted octanol–water partition coefficient (Wildman–Crippen LogP) is -17.4. The van der Waals surface area contributed by atoms with Crippen LogP contribution in [0.25, 0.3) is 0 Å². The maximum atomic E-state index is 10.6. The van der Waals surface area contributed by atoms with Gasteiger partial charge in [0.25, 0.3) is 0 Å². The molecule has 0 rings (SSSR count). The molecule has 0 heterocycles. The van der Waals surface area contributed by atoms with E-state index in [9.17, 15) is 19.2 Å². The fourth-order valence-corrected chi connectivity index (χ4v) is 1.48. The van der Waals surface area contributed by atoms with Crippen molar-refractivity contribution in [3.8, 4) is 0 Å². The van der Waals surface area contributed by atoms with Crippen molar-refractivity contribution in [2.24, 2.45) is 0 Å². The Bertz CT molecular complexity index is 337. The summed E-state index contributed by atoms with van der Waals surface area (Å²) in [5.74, 6) is -4.91. The Morgan fingerprint density at radius 1 is 0.464 bits per heavy atom. The third-order valence-corrected chi connectivity index (χ3v) is 2.17. The minimum absolute atomic E-state index is 0. The number of nitrogens with zero attached hydrogens (tertiary/aromatic N) is 2. The molecule has 0 fully saturated rings. The van der Waals surface area contributed by atoms with E-state index in [1.165, 1.54) is 0 Å². The van der Waals surface area contributed by atoms with Crippen LogP contribution in [0, 0.1) is 0 Å². The second-order valence-corrected chi connectivity index (χ2v) is 4.00. The Morgan fingerprint density at radius 2 is 0.607 bits per heavy atom. The van der Waals surface area contributed by atoms with Crippen molar-refractivity contribution in [3.63, 3.8) is 0 Å². The molecule has 0 saturated carbocycles. The van der Waals surface area contributed by atoms with Crippen molar-refractivity contribution in [3.05, 3.63) is 0 Å². The summed E-state index contributed by atoms with van der Waals surface area (Å²) < 4.78 is 0. The van der Waals surface area contributed by atoms with Gasteiger partial charge in [0.15, 0.2) is 0 Å². The van der Waals surface area contributed by atoms with E-state index in [-0.39, 0.29) is 153 Å². The first-order valence-corrected chi connectivity index (χ1v) is 5.52. The number of hydrogen-bond acceptors (Lipinski definition) is 6. The van der Waals surface area contributed by atoms with Crippen molar-refractivity contribution in [1.29, 1.82) is 0 Å². The molecule has 0 aliphatic rings. The summed E-state index contributed by atoms with van der Waals surface area (Å²) >= 11 is 0. The van der Waals surface area contributed by atoms with Gasteiger partial charge in [-0.2, -0.15) is 0 Å². The van der Waals surface area contributed by atoms with Crippen LogP contribution in [0.5, 0.6) is 0 Å². The van der Waals surface area contributed by atoms with Gasteiger partial charge in [-0.15, -0.1) is 0 Å². The minimum atomic E-state index is -1.23. The third-order valence-electron chi connectivity index (χ3n) is 2.17. The van der Waals surface area contributed by atoms with E-state index in [4.69, 9.17) is 20.4 Å². The van der Waals surface area contributed by atoms with Crippen molar-refractivity contribution < 1.29 is 180 Å². The van der Waals surface area contributed by atoms with Crippen LogP contribution in [0.1, 0.15) is 0 Å². The molecule has 0 aliphatic heterocycles. The van der Waals surface area contributed by atoms with E-state index in [0.717, 1.165) is 9.80 Å². The monoisotopic (exact) mass is 456 g/mol. The summed E-state index contributed by atoms with van der Waals surface area (Å²) in [5.41, 5.74) is 0. The minimum Gasteiger partial charge on any atom is -0.480 e. The van der Waals surface area contributed by atoms with Crippen LogP contribution < -0.4 is 118 Å². The summed E-state index contributed by atoms with van der Waals surface area (Å²) in [5, 5.41) is 34.5. The molecule has 0 aliphatic carbocycles. The van der Waals surface area contributed by atoms with Gasteiger partial charge in [-0.25, -0.2) is 0 Å². The average Bonchev–Trinajstić information content (AvgIpc) is 2.22. The predicted molar refractivity (Wildman–Crippen MR) is 77.9 cm³/mol. The van der Waals surface area contributed by atoms with Crippen LogP contribution in [-0.2, 0) is 19.2 Å². The first-order valence-electron chi connectivity index (χ1n) is 5.52.